The minimum absolute atomic E-state index is 0.0569. The highest BCUT2D eigenvalue weighted by molar-refractivity contribution is 7.92. The zero-order valence-corrected chi connectivity index (χ0v) is 18.8. The lowest BCUT2D eigenvalue weighted by atomic mass is 9.89. The molecule has 0 spiro atoms. The first-order valence-corrected chi connectivity index (χ1v) is 11.9. The molecular weight excluding hydrogens is 434 g/mol. The molecule has 0 fully saturated rings. The zero-order valence-electron chi connectivity index (χ0n) is 17.2. The van der Waals surface area contributed by atoms with Crippen molar-refractivity contribution >= 4 is 38.1 Å². The third-order valence-corrected chi connectivity index (χ3v) is 6.83. The number of benzene rings is 1. The van der Waals surface area contributed by atoms with E-state index in [0.29, 0.717) is 16.9 Å². The van der Waals surface area contributed by atoms with Crippen molar-refractivity contribution in [2.24, 2.45) is 0 Å². The summed E-state index contributed by atoms with van der Waals surface area (Å²) in [6.45, 7) is 4.99. The van der Waals surface area contributed by atoms with E-state index in [0.717, 1.165) is 22.5 Å². The van der Waals surface area contributed by atoms with Crippen molar-refractivity contribution in [3.63, 3.8) is 0 Å². The molecule has 2 aromatic heterocycles. The maximum atomic E-state index is 12.9. The Hall–Kier alpha value is -3.29. The van der Waals surface area contributed by atoms with Crippen LogP contribution in [0, 0.1) is 11.3 Å². The van der Waals surface area contributed by atoms with Crippen LogP contribution in [0.3, 0.4) is 0 Å². The number of hydrogen-bond acceptors (Lipinski definition) is 7. The molecule has 2 heterocycles. The molecule has 0 unspecified atom stereocenters. The van der Waals surface area contributed by atoms with Crippen molar-refractivity contribution in [3.05, 3.63) is 59.4 Å². The topological polar surface area (TPSA) is 125 Å². The number of rotatable bonds is 7. The van der Waals surface area contributed by atoms with Crippen LogP contribution in [-0.2, 0) is 20.2 Å². The van der Waals surface area contributed by atoms with Crippen LogP contribution in [0.2, 0.25) is 0 Å². The minimum atomic E-state index is -3.43. The van der Waals surface area contributed by atoms with E-state index >= 15 is 0 Å². The lowest BCUT2D eigenvalue weighted by molar-refractivity contribution is -0.120. The van der Waals surface area contributed by atoms with Crippen LogP contribution in [0.15, 0.2) is 48.1 Å². The van der Waals surface area contributed by atoms with Gasteiger partial charge in [-0.1, -0.05) is 12.1 Å². The van der Waals surface area contributed by atoms with E-state index in [-0.39, 0.29) is 16.8 Å². The number of thiazole rings is 1. The number of amides is 1. The van der Waals surface area contributed by atoms with Crippen molar-refractivity contribution in [2.45, 2.75) is 26.2 Å². The molecule has 0 aliphatic heterocycles. The number of aromatic nitrogens is 2. The van der Waals surface area contributed by atoms with Gasteiger partial charge >= 0.3 is 0 Å². The van der Waals surface area contributed by atoms with Gasteiger partial charge < -0.3 is 5.32 Å². The van der Waals surface area contributed by atoms with E-state index in [2.05, 4.69) is 26.1 Å². The molecule has 0 saturated carbocycles. The third-order valence-electron chi connectivity index (χ3n) is 4.68. The maximum Gasteiger partial charge on any atom is 0.236 e. The Morgan fingerprint density at radius 3 is 2.55 bits per heavy atom. The van der Waals surface area contributed by atoms with Crippen LogP contribution >= 0.6 is 11.3 Å². The first-order valence-electron chi connectivity index (χ1n) is 9.38. The summed E-state index contributed by atoms with van der Waals surface area (Å²) in [5, 5.41) is 13.8. The van der Waals surface area contributed by atoms with Gasteiger partial charge in [0.2, 0.25) is 15.9 Å². The molecule has 1 aromatic carbocycles. The molecule has 0 saturated heterocycles. The summed E-state index contributed by atoms with van der Waals surface area (Å²) < 4.78 is 25.9. The molecule has 2 N–H and O–H groups in total. The SMILES string of the molecule is CCS(=O)(=O)Nc1nc(C(C)(C)C(=O)Nc2ccc(-c3cncc(C#N)c3)cc2)cs1. The summed E-state index contributed by atoms with van der Waals surface area (Å²) in [6, 6.07) is 11.0. The Morgan fingerprint density at radius 1 is 1.19 bits per heavy atom. The minimum Gasteiger partial charge on any atom is -0.325 e. The molecule has 0 aliphatic carbocycles. The van der Waals surface area contributed by atoms with Crippen LogP contribution in [0.4, 0.5) is 10.8 Å². The molecule has 3 aromatic rings. The van der Waals surface area contributed by atoms with Crippen molar-refractivity contribution in [2.75, 3.05) is 15.8 Å². The Morgan fingerprint density at radius 2 is 1.90 bits per heavy atom. The Balaban J connectivity index is 1.73. The second-order valence-corrected chi connectivity index (χ2v) is 10.1. The Labute approximate surface area is 185 Å². The quantitative estimate of drug-likeness (QED) is 0.559. The van der Waals surface area contributed by atoms with Gasteiger partial charge in [-0.15, -0.1) is 11.3 Å². The fourth-order valence-corrected chi connectivity index (χ4v) is 4.37. The molecule has 31 heavy (non-hydrogen) atoms. The van der Waals surface area contributed by atoms with E-state index in [1.165, 1.54) is 13.1 Å². The number of hydrogen-bond donors (Lipinski definition) is 2. The predicted octanol–water partition coefficient (Wildman–Crippen LogP) is 3.75. The van der Waals surface area contributed by atoms with E-state index in [1.54, 1.807) is 43.6 Å². The summed E-state index contributed by atoms with van der Waals surface area (Å²) in [4.78, 5) is 21.2. The average molecular weight is 456 g/mol. The number of nitrogens with one attached hydrogen (secondary N) is 2. The van der Waals surface area contributed by atoms with Gasteiger partial charge in [-0.25, -0.2) is 13.4 Å². The van der Waals surface area contributed by atoms with Crippen molar-refractivity contribution < 1.29 is 13.2 Å². The number of nitriles is 1. The summed E-state index contributed by atoms with van der Waals surface area (Å²) >= 11 is 1.13. The smallest absolute Gasteiger partial charge is 0.236 e. The molecular formula is C21H21N5O3S2. The zero-order chi connectivity index (χ0) is 22.6. The summed E-state index contributed by atoms with van der Waals surface area (Å²) in [5.74, 6) is -0.331. The van der Waals surface area contributed by atoms with E-state index in [4.69, 9.17) is 5.26 Å². The van der Waals surface area contributed by atoms with Crippen LogP contribution in [0.25, 0.3) is 11.1 Å². The second kappa shape index (κ2) is 8.83. The number of carbonyl (C=O) groups excluding carboxylic acids is 1. The molecule has 0 atom stereocenters. The molecule has 8 nitrogen and oxygen atoms in total. The average Bonchev–Trinajstić information content (AvgIpc) is 3.23. The van der Waals surface area contributed by atoms with Crippen LogP contribution in [0.1, 0.15) is 32.0 Å². The fourth-order valence-electron chi connectivity index (χ4n) is 2.62. The number of nitrogens with zero attached hydrogens (tertiary/aromatic N) is 3. The highest BCUT2D eigenvalue weighted by Crippen LogP contribution is 2.29. The van der Waals surface area contributed by atoms with Crippen LogP contribution < -0.4 is 10.0 Å². The molecule has 0 aliphatic rings. The number of carbonyl (C=O) groups is 1. The van der Waals surface area contributed by atoms with Gasteiger partial charge in [0.05, 0.1) is 22.4 Å². The predicted molar refractivity (Wildman–Crippen MR) is 121 cm³/mol. The maximum absolute atomic E-state index is 12.9. The molecule has 1 amide bonds. The summed E-state index contributed by atoms with van der Waals surface area (Å²) in [6.07, 6.45) is 3.17. The highest BCUT2D eigenvalue weighted by Gasteiger charge is 2.33. The van der Waals surface area contributed by atoms with Crippen molar-refractivity contribution in [3.8, 4) is 17.2 Å². The van der Waals surface area contributed by atoms with Gasteiger partial charge in [0.1, 0.15) is 6.07 Å². The van der Waals surface area contributed by atoms with Gasteiger partial charge in [-0.2, -0.15) is 5.26 Å². The van der Waals surface area contributed by atoms with Gasteiger partial charge in [0.25, 0.3) is 0 Å². The van der Waals surface area contributed by atoms with Gasteiger partial charge in [0.15, 0.2) is 5.13 Å². The monoisotopic (exact) mass is 455 g/mol. The highest BCUT2D eigenvalue weighted by atomic mass is 32.2. The number of sulfonamides is 1. The van der Waals surface area contributed by atoms with Crippen LogP contribution in [0.5, 0.6) is 0 Å². The van der Waals surface area contributed by atoms with E-state index < -0.39 is 15.4 Å². The second-order valence-electron chi connectivity index (χ2n) is 7.27. The molecule has 10 heteroatoms. The lowest BCUT2D eigenvalue weighted by Gasteiger charge is -2.21. The number of anilines is 2. The van der Waals surface area contributed by atoms with Crippen molar-refractivity contribution in [1.29, 1.82) is 5.26 Å². The third kappa shape index (κ3) is 5.25. The van der Waals surface area contributed by atoms with Gasteiger partial charge in [-0.3, -0.25) is 14.5 Å². The summed E-state index contributed by atoms with van der Waals surface area (Å²) in [7, 11) is -3.43. The first-order chi connectivity index (χ1) is 14.6. The van der Waals surface area contributed by atoms with Gasteiger partial charge in [0, 0.05) is 29.0 Å². The molecule has 3 rings (SSSR count). The van der Waals surface area contributed by atoms with E-state index in [9.17, 15) is 13.2 Å². The van der Waals surface area contributed by atoms with Gasteiger partial charge in [-0.05, 0) is 44.5 Å². The lowest BCUT2D eigenvalue weighted by Crippen LogP contribution is -2.35. The van der Waals surface area contributed by atoms with Crippen molar-refractivity contribution in [1.82, 2.24) is 9.97 Å². The molecule has 0 radical (unpaired) electrons. The molecule has 0 bridgehead atoms. The van der Waals surface area contributed by atoms with Crippen LogP contribution in [-0.4, -0.2) is 30.0 Å². The Bertz CT molecular complexity index is 1240. The summed E-state index contributed by atoms with van der Waals surface area (Å²) in [5.41, 5.74) is 2.25. The fraction of sp³-hybridized carbons (Fsp3) is 0.238. The largest absolute Gasteiger partial charge is 0.325 e. The van der Waals surface area contributed by atoms with E-state index in [1.807, 2.05) is 12.1 Å². The first kappa shape index (κ1) is 22.4. The Kier molecular flexibility index (Phi) is 6.38. The standard InChI is InChI=1S/C21H21N5O3S2/c1-4-31(28,29)26-20-25-18(13-30-20)21(2,3)19(27)24-17-7-5-15(6-8-17)16-9-14(10-22)11-23-12-16/h5-9,11-13H,4H2,1-3H3,(H,24,27)(H,25,26). The normalized spacial score (nSPS) is 11.5. The molecule has 160 valence electrons. The number of pyridine rings is 1.